The van der Waals surface area contributed by atoms with Crippen LogP contribution in [0.25, 0.3) is 0 Å². The van der Waals surface area contributed by atoms with Gasteiger partial charge >= 0.3 is 0 Å². The van der Waals surface area contributed by atoms with Crippen molar-refractivity contribution in [2.75, 3.05) is 25.9 Å². The van der Waals surface area contributed by atoms with Crippen LogP contribution >= 0.6 is 47.1 Å². The first kappa shape index (κ1) is 21.4. The summed E-state index contributed by atoms with van der Waals surface area (Å²) in [5.74, 6) is 1.88. The number of guanidine groups is 1. The van der Waals surface area contributed by atoms with Crippen molar-refractivity contribution in [2.24, 2.45) is 4.99 Å². The molecular weight excluding hydrogens is 453 g/mol. The van der Waals surface area contributed by atoms with Crippen molar-refractivity contribution in [1.82, 2.24) is 10.6 Å². The van der Waals surface area contributed by atoms with Gasteiger partial charge in [0.05, 0.1) is 12.8 Å². The van der Waals surface area contributed by atoms with Crippen LogP contribution < -0.4 is 10.6 Å². The third kappa shape index (κ3) is 8.43. The zero-order valence-corrected chi connectivity index (χ0v) is 18.1. The third-order valence-corrected chi connectivity index (χ3v) is 5.29. The second-order valence-electron chi connectivity index (χ2n) is 5.25. The number of thiophene rings is 1. The van der Waals surface area contributed by atoms with Gasteiger partial charge in [-0.1, -0.05) is 13.0 Å². The predicted octanol–water partition coefficient (Wildman–Crippen LogP) is 4.03. The molecule has 0 saturated heterocycles. The van der Waals surface area contributed by atoms with Crippen molar-refractivity contribution < 1.29 is 4.42 Å². The van der Waals surface area contributed by atoms with E-state index < -0.39 is 0 Å². The van der Waals surface area contributed by atoms with E-state index in [-0.39, 0.29) is 24.0 Å². The molecule has 2 N–H and O–H groups in total. The van der Waals surface area contributed by atoms with Crippen LogP contribution in [0.5, 0.6) is 0 Å². The molecule has 4 nitrogen and oxygen atoms in total. The number of hydrogen-bond acceptors (Lipinski definition) is 4. The fourth-order valence-electron chi connectivity index (χ4n) is 1.99. The Morgan fingerprint density at radius 1 is 1.25 bits per heavy atom. The molecule has 0 aliphatic carbocycles. The van der Waals surface area contributed by atoms with Crippen molar-refractivity contribution in [3.63, 3.8) is 0 Å². The number of aliphatic imine (C=N–C) groups is 1. The van der Waals surface area contributed by atoms with Crippen LogP contribution in [0.15, 0.2) is 45.3 Å². The largest absolute Gasteiger partial charge is 0.469 e. The minimum Gasteiger partial charge on any atom is -0.469 e. The Hall–Kier alpha value is -0.670. The molecule has 0 spiro atoms. The molecule has 0 amide bonds. The number of nitrogens with zero attached hydrogens (tertiary/aromatic N) is 1. The molecule has 0 aromatic carbocycles. The van der Waals surface area contributed by atoms with Crippen molar-refractivity contribution >= 4 is 53.0 Å². The van der Waals surface area contributed by atoms with Gasteiger partial charge in [0.15, 0.2) is 5.96 Å². The predicted molar refractivity (Wildman–Crippen MR) is 117 cm³/mol. The van der Waals surface area contributed by atoms with Crippen LogP contribution in [0.4, 0.5) is 0 Å². The van der Waals surface area contributed by atoms with Gasteiger partial charge in [-0.15, -0.1) is 35.3 Å². The molecule has 2 aromatic rings. The van der Waals surface area contributed by atoms with Crippen molar-refractivity contribution in [3.8, 4) is 0 Å². The first-order valence-electron chi connectivity index (χ1n) is 7.87. The lowest BCUT2D eigenvalue weighted by atomic mass is 10.3. The van der Waals surface area contributed by atoms with Crippen molar-refractivity contribution in [1.29, 1.82) is 0 Å². The number of nitrogens with one attached hydrogen (secondary N) is 2. The lowest BCUT2D eigenvalue weighted by Gasteiger charge is -2.13. The van der Waals surface area contributed by atoms with Crippen LogP contribution in [0, 0.1) is 0 Å². The van der Waals surface area contributed by atoms with E-state index in [1.165, 1.54) is 4.88 Å². The van der Waals surface area contributed by atoms with Gasteiger partial charge < -0.3 is 15.1 Å². The monoisotopic (exact) mass is 479 g/mol. The van der Waals surface area contributed by atoms with Crippen LogP contribution in [-0.4, -0.2) is 37.1 Å². The van der Waals surface area contributed by atoms with Gasteiger partial charge in [-0.2, -0.15) is 11.8 Å². The highest BCUT2D eigenvalue weighted by molar-refractivity contribution is 14.0. The van der Waals surface area contributed by atoms with Crippen molar-refractivity contribution in [3.05, 3.63) is 46.5 Å². The Bertz CT molecular complexity index is 516. The average molecular weight is 479 g/mol. The summed E-state index contributed by atoms with van der Waals surface area (Å²) in [7, 11) is 0. The Morgan fingerprint density at radius 2 is 2.04 bits per heavy atom. The van der Waals surface area contributed by atoms with Gasteiger partial charge in [-0.25, -0.2) is 0 Å². The van der Waals surface area contributed by atoms with E-state index in [1.54, 1.807) is 17.6 Å². The smallest absolute Gasteiger partial charge is 0.191 e. The summed E-state index contributed by atoms with van der Waals surface area (Å²) in [5.41, 5.74) is 0. The topological polar surface area (TPSA) is 49.6 Å². The molecule has 0 aliphatic rings. The van der Waals surface area contributed by atoms with Gasteiger partial charge in [0, 0.05) is 29.6 Å². The second-order valence-corrected chi connectivity index (χ2v) is 7.56. The maximum Gasteiger partial charge on any atom is 0.191 e. The van der Waals surface area contributed by atoms with Gasteiger partial charge in [0.2, 0.25) is 0 Å². The maximum atomic E-state index is 5.36. The molecular formula is C17H26IN3OS2. The standard InChI is InChI=1S/C17H25N3OS2.HI/c1-14(22-2)13-20-17(18-9-7-15-5-3-11-21-15)19-10-8-16-6-4-12-23-16;/h3-6,11-12,14H,7-10,13H2,1-2H3,(H2,18,19,20);1H. The molecule has 7 heteroatoms. The molecule has 0 fully saturated rings. The van der Waals surface area contributed by atoms with Crippen LogP contribution in [0.2, 0.25) is 0 Å². The van der Waals surface area contributed by atoms with Gasteiger partial charge in [0.25, 0.3) is 0 Å². The quantitative estimate of drug-likeness (QED) is 0.324. The minimum atomic E-state index is 0. The molecule has 1 atom stereocenters. The second kappa shape index (κ2) is 12.7. The van der Waals surface area contributed by atoms with Crippen LogP contribution in [0.1, 0.15) is 17.6 Å². The lowest BCUT2D eigenvalue weighted by molar-refractivity contribution is 0.506. The Kier molecular flexibility index (Phi) is 11.3. The van der Waals surface area contributed by atoms with Gasteiger partial charge in [0.1, 0.15) is 5.76 Å². The van der Waals surface area contributed by atoms with E-state index in [0.717, 1.165) is 44.2 Å². The van der Waals surface area contributed by atoms with Crippen LogP contribution in [-0.2, 0) is 12.8 Å². The lowest BCUT2D eigenvalue weighted by Crippen LogP contribution is -2.39. The molecule has 0 radical (unpaired) electrons. The summed E-state index contributed by atoms with van der Waals surface area (Å²) in [5, 5.41) is 9.46. The van der Waals surface area contributed by atoms with E-state index in [1.807, 2.05) is 23.9 Å². The van der Waals surface area contributed by atoms with Gasteiger partial charge in [-0.3, -0.25) is 4.99 Å². The molecule has 0 aliphatic heterocycles. The first-order chi connectivity index (χ1) is 11.3. The minimum absolute atomic E-state index is 0. The Labute approximate surface area is 169 Å². The maximum absolute atomic E-state index is 5.36. The summed E-state index contributed by atoms with van der Waals surface area (Å²) in [6, 6.07) is 8.18. The number of halogens is 1. The fourth-order valence-corrected chi connectivity index (χ4v) is 2.92. The zero-order chi connectivity index (χ0) is 16.3. The first-order valence-corrected chi connectivity index (χ1v) is 10.0. The van der Waals surface area contributed by atoms with E-state index in [4.69, 9.17) is 4.42 Å². The number of rotatable bonds is 9. The SMILES string of the molecule is CSC(C)CN=C(NCCc1ccco1)NCCc1cccs1.I. The normalized spacial score (nSPS) is 12.5. The van der Waals surface area contributed by atoms with E-state index in [2.05, 4.69) is 46.3 Å². The Balaban J connectivity index is 0.00000288. The molecule has 134 valence electrons. The molecule has 0 saturated carbocycles. The average Bonchev–Trinajstić information content (AvgIpc) is 3.25. The summed E-state index contributed by atoms with van der Waals surface area (Å²) in [4.78, 5) is 6.07. The molecule has 24 heavy (non-hydrogen) atoms. The summed E-state index contributed by atoms with van der Waals surface area (Å²) in [6.45, 7) is 4.71. The molecule has 0 bridgehead atoms. The van der Waals surface area contributed by atoms with Crippen LogP contribution in [0.3, 0.4) is 0 Å². The highest BCUT2D eigenvalue weighted by atomic mass is 127. The fraction of sp³-hybridized carbons (Fsp3) is 0.471. The molecule has 1 unspecified atom stereocenters. The number of thioether (sulfide) groups is 1. The van der Waals surface area contributed by atoms with Gasteiger partial charge in [-0.05, 0) is 36.3 Å². The highest BCUT2D eigenvalue weighted by Gasteiger charge is 2.03. The van der Waals surface area contributed by atoms with E-state index in [0.29, 0.717) is 5.25 Å². The van der Waals surface area contributed by atoms with Crippen molar-refractivity contribution in [2.45, 2.75) is 25.0 Å². The zero-order valence-electron chi connectivity index (χ0n) is 14.2. The summed E-state index contributed by atoms with van der Waals surface area (Å²) >= 11 is 3.63. The molecule has 2 rings (SSSR count). The highest BCUT2D eigenvalue weighted by Crippen LogP contribution is 2.08. The third-order valence-electron chi connectivity index (χ3n) is 3.40. The van der Waals surface area contributed by atoms with E-state index in [9.17, 15) is 0 Å². The summed E-state index contributed by atoms with van der Waals surface area (Å²) in [6.07, 6.45) is 5.71. The summed E-state index contributed by atoms with van der Waals surface area (Å²) < 4.78 is 5.36. The molecule has 2 heterocycles. The number of furan rings is 1. The van der Waals surface area contributed by atoms with E-state index >= 15 is 0 Å². The molecule has 2 aromatic heterocycles. The number of hydrogen-bond donors (Lipinski definition) is 2. The Morgan fingerprint density at radius 3 is 2.67 bits per heavy atom.